The first-order chi connectivity index (χ1) is 8.43. The fraction of sp³-hybridized carbons (Fsp3) is 0.846. The molecule has 0 aromatic carbocycles. The average molecular weight is 273 g/mol. The fourth-order valence-corrected chi connectivity index (χ4v) is 1.57. The monoisotopic (exact) mass is 273 g/mol. The van der Waals surface area contributed by atoms with Crippen LogP contribution in [-0.4, -0.2) is 52.7 Å². The van der Waals surface area contributed by atoms with Crippen LogP contribution in [0.2, 0.25) is 0 Å². The van der Waals surface area contributed by atoms with Crippen LogP contribution >= 0.6 is 0 Å². The number of nitrogens with zero attached hydrogens (tertiary/aromatic N) is 1. The first kappa shape index (κ1) is 17.9. The number of carbonyl (C=O) groups excluding carboxylic acids is 2. The van der Waals surface area contributed by atoms with Gasteiger partial charge in [0.2, 0.25) is 5.91 Å². The number of carbonyl (C=O) groups is 2. The molecule has 0 atom stereocenters. The summed E-state index contributed by atoms with van der Waals surface area (Å²) in [5, 5.41) is 14.6. The minimum Gasteiger partial charge on any atom is -0.389 e. The lowest BCUT2D eigenvalue weighted by Crippen LogP contribution is -2.51. The number of hydrogen-bond donors (Lipinski definition) is 3. The predicted octanol–water partition coefficient (Wildman–Crippen LogP) is 0.704. The van der Waals surface area contributed by atoms with Crippen molar-refractivity contribution in [2.45, 2.75) is 52.7 Å². The second-order valence-electron chi connectivity index (χ2n) is 6.37. The van der Waals surface area contributed by atoms with Crippen molar-refractivity contribution in [1.29, 1.82) is 0 Å². The molecule has 6 heteroatoms. The molecule has 19 heavy (non-hydrogen) atoms. The van der Waals surface area contributed by atoms with E-state index in [-0.39, 0.29) is 18.0 Å². The quantitative estimate of drug-likeness (QED) is 0.689. The van der Waals surface area contributed by atoms with Crippen molar-refractivity contribution >= 4 is 11.9 Å². The van der Waals surface area contributed by atoms with Gasteiger partial charge in [-0.05, 0) is 41.2 Å². The maximum absolute atomic E-state index is 11.7. The number of urea groups is 1. The van der Waals surface area contributed by atoms with Gasteiger partial charge in [0.25, 0.3) is 0 Å². The van der Waals surface area contributed by atoms with Gasteiger partial charge in [-0.3, -0.25) is 15.0 Å². The predicted molar refractivity (Wildman–Crippen MR) is 74.8 cm³/mol. The van der Waals surface area contributed by atoms with Crippen molar-refractivity contribution in [2.24, 2.45) is 0 Å². The summed E-state index contributed by atoms with van der Waals surface area (Å²) in [5.74, 6) is -0.382. The van der Waals surface area contributed by atoms with Crippen LogP contribution in [0.15, 0.2) is 0 Å². The Morgan fingerprint density at radius 3 is 2.05 bits per heavy atom. The Morgan fingerprint density at radius 2 is 1.68 bits per heavy atom. The fourth-order valence-electron chi connectivity index (χ4n) is 1.57. The zero-order chi connectivity index (χ0) is 15.3. The van der Waals surface area contributed by atoms with Crippen molar-refractivity contribution in [1.82, 2.24) is 15.5 Å². The smallest absolute Gasteiger partial charge is 0.321 e. The Labute approximate surface area is 115 Å². The van der Waals surface area contributed by atoms with Crippen LogP contribution in [0.3, 0.4) is 0 Å². The summed E-state index contributed by atoms with van der Waals surface area (Å²) >= 11 is 0. The molecule has 0 aliphatic carbocycles. The van der Waals surface area contributed by atoms with Gasteiger partial charge in [0.1, 0.15) is 0 Å². The van der Waals surface area contributed by atoms with Crippen LogP contribution in [0.5, 0.6) is 0 Å². The summed E-state index contributed by atoms with van der Waals surface area (Å²) < 4.78 is 0. The van der Waals surface area contributed by atoms with E-state index in [4.69, 9.17) is 0 Å². The third kappa shape index (κ3) is 10.5. The average Bonchev–Trinajstić information content (AvgIpc) is 2.10. The molecule has 0 bridgehead atoms. The summed E-state index contributed by atoms with van der Waals surface area (Å²) in [7, 11) is 0. The lowest BCUT2D eigenvalue weighted by molar-refractivity contribution is -0.121. The normalized spacial score (nSPS) is 12.4. The Bertz CT molecular complexity index is 316. The molecule has 3 N–H and O–H groups in total. The standard InChI is InChI=1S/C13H27N3O3/c1-7-16(9-13(5,6)19)8-10(17)14-11(18)15-12(2,3)4/h19H,7-9H2,1-6H3,(H2,14,15,17,18). The Hall–Kier alpha value is -1.14. The third-order valence-electron chi connectivity index (χ3n) is 2.17. The molecule has 0 spiro atoms. The van der Waals surface area contributed by atoms with E-state index in [0.717, 1.165) is 0 Å². The zero-order valence-corrected chi connectivity index (χ0v) is 12.8. The molecule has 0 fully saturated rings. The van der Waals surface area contributed by atoms with Gasteiger partial charge in [-0.1, -0.05) is 6.92 Å². The van der Waals surface area contributed by atoms with Gasteiger partial charge in [-0.2, -0.15) is 0 Å². The minimum atomic E-state index is -0.871. The summed E-state index contributed by atoms with van der Waals surface area (Å²) in [6.45, 7) is 11.8. The van der Waals surface area contributed by atoms with E-state index < -0.39 is 11.6 Å². The largest absolute Gasteiger partial charge is 0.389 e. The molecule has 0 saturated carbocycles. The third-order valence-corrected chi connectivity index (χ3v) is 2.17. The van der Waals surface area contributed by atoms with Gasteiger partial charge in [0, 0.05) is 12.1 Å². The van der Waals surface area contributed by atoms with Gasteiger partial charge in [-0.25, -0.2) is 4.79 Å². The topological polar surface area (TPSA) is 81.7 Å². The van der Waals surface area contributed by atoms with E-state index in [0.29, 0.717) is 13.1 Å². The van der Waals surface area contributed by atoms with Crippen LogP contribution in [-0.2, 0) is 4.79 Å². The number of amides is 3. The van der Waals surface area contributed by atoms with Crippen molar-refractivity contribution in [2.75, 3.05) is 19.6 Å². The first-order valence-corrected chi connectivity index (χ1v) is 6.49. The van der Waals surface area contributed by atoms with E-state index in [9.17, 15) is 14.7 Å². The lowest BCUT2D eigenvalue weighted by Gasteiger charge is -2.27. The molecule has 3 amide bonds. The van der Waals surface area contributed by atoms with E-state index in [1.54, 1.807) is 18.7 Å². The number of likely N-dealkylation sites (N-methyl/N-ethyl adjacent to an activating group) is 1. The highest BCUT2D eigenvalue weighted by Gasteiger charge is 2.21. The van der Waals surface area contributed by atoms with Crippen molar-refractivity contribution in [3.8, 4) is 0 Å². The second-order valence-corrected chi connectivity index (χ2v) is 6.37. The highest BCUT2D eigenvalue weighted by Crippen LogP contribution is 2.04. The van der Waals surface area contributed by atoms with Crippen molar-refractivity contribution < 1.29 is 14.7 Å². The number of aliphatic hydroxyl groups is 1. The van der Waals surface area contributed by atoms with Crippen molar-refractivity contribution in [3.05, 3.63) is 0 Å². The number of rotatable bonds is 5. The van der Waals surface area contributed by atoms with E-state index >= 15 is 0 Å². The summed E-state index contributed by atoms with van der Waals surface area (Å²) in [6, 6.07) is -0.503. The van der Waals surface area contributed by atoms with Crippen LogP contribution < -0.4 is 10.6 Å². The van der Waals surface area contributed by atoms with Crippen LogP contribution in [0.25, 0.3) is 0 Å². The number of nitrogens with one attached hydrogen (secondary N) is 2. The minimum absolute atomic E-state index is 0.0814. The van der Waals surface area contributed by atoms with E-state index in [2.05, 4.69) is 10.6 Å². The van der Waals surface area contributed by atoms with Crippen LogP contribution in [0, 0.1) is 0 Å². The molecule has 0 radical (unpaired) electrons. The molecule has 0 rings (SSSR count). The Morgan fingerprint density at radius 1 is 1.16 bits per heavy atom. The van der Waals surface area contributed by atoms with Gasteiger partial charge >= 0.3 is 6.03 Å². The molecule has 0 aromatic rings. The summed E-state index contributed by atoms with van der Waals surface area (Å²) in [4.78, 5) is 25.0. The number of hydrogen-bond acceptors (Lipinski definition) is 4. The molecular weight excluding hydrogens is 246 g/mol. The summed E-state index contributed by atoms with van der Waals surface area (Å²) in [5.41, 5.74) is -1.26. The Balaban J connectivity index is 4.25. The highest BCUT2D eigenvalue weighted by atomic mass is 16.3. The van der Waals surface area contributed by atoms with Gasteiger partial charge in [-0.15, -0.1) is 0 Å². The number of imide groups is 1. The molecule has 0 unspecified atom stereocenters. The molecule has 6 nitrogen and oxygen atoms in total. The van der Waals surface area contributed by atoms with E-state index in [1.165, 1.54) is 0 Å². The maximum atomic E-state index is 11.7. The lowest BCUT2D eigenvalue weighted by atomic mass is 10.1. The molecule has 0 aromatic heterocycles. The molecule has 112 valence electrons. The summed E-state index contributed by atoms with van der Waals surface area (Å²) in [6.07, 6.45) is 0. The first-order valence-electron chi connectivity index (χ1n) is 6.49. The van der Waals surface area contributed by atoms with Gasteiger partial charge in [0.15, 0.2) is 0 Å². The Kier molecular flexibility index (Phi) is 6.45. The van der Waals surface area contributed by atoms with Crippen LogP contribution in [0.4, 0.5) is 4.79 Å². The molecule has 0 saturated heterocycles. The zero-order valence-electron chi connectivity index (χ0n) is 12.8. The molecule has 0 aliphatic heterocycles. The van der Waals surface area contributed by atoms with Gasteiger partial charge < -0.3 is 10.4 Å². The van der Waals surface area contributed by atoms with E-state index in [1.807, 2.05) is 27.7 Å². The SMILES string of the molecule is CCN(CC(=O)NC(=O)NC(C)(C)C)CC(C)(C)O. The molecular formula is C13H27N3O3. The molecule has 0 heterocycles. The van der Waals surface area contributed by atoms with Crippen molar-refractivity contribution in [3.63, 3.8) is 0 Å². The van der Waals surface area contributed by atoms with Crippen LogP contribution in [0.1, 0.15) is 41.5 Å². The maximum Gasteiger partial charge on any atom is 0.321 e. The second kappa shape index (κ2) is 6.86. The molecule has 0 aliphatic rings. The highest BCUT2D eigenvalue weighted by molar-refractivity contribution is 5.95. The van der Waals surface area contributed by atoms with Gasteiger partial charge in [0.05, 0.1) is 12.1 Å².